The highest BCUT2D eigenvalue weighted by Gasteiger charge is 2.50. The summed E-state index contributed by atoms with van der Waals surface area (Å²) < 4.78 is 12.0. The van der Waals surface area contributed by atoms with Gasteiger partial charge in [-0.25, -0.2) is 0 Å². The van der Waals surface area contributed by atoms with Crippen LogP contribution in [0.3, 0.4) is 0 Å². The maximum Gasteiger partial charge on any atom is 0.487 e. The first-order valence-corrected chi connectivity index (χ1v) is 8.22. The smallest absolute Gasteiger partial charge is 0.400 e. The summed E-state index contributed by atoms with van der Waals surface area (Å²) in [7, 11) is -0.475. The number of aliphatic hydroxyl groups excluding tert-OH is 1. The first-order valence-electron chi connectivity index (χ1n) is 8.22. The molecule has 0 bridgehead atoms. The van der Waals surface area contributed by atoms with E-state index in [1.54, 1.807) is 6.08 Å². The Morgan fingerprint density at radius 1 is 1.26 bits per heavy atom. The summed E-state index contributed by atoms with van der Waals surface area (Å²) in [5.41, 5.74) is 0.581. The Morgan fingerprint density at radius 3 is 2.26 bits per heavy atom. The topological polar surface area (TPSA) is 38.7 Å². The molecule has 1 atom stereocenters. The first-order chi connectivity index (χ1) is 10.7. The van der Waals surface area contributed by atoms with Crippen molar-refractivity contribution < 1.29 is 14.4 Å². The fourth-order valence-electron chi connectivity index (χ4n) is 2.35. The quantitative estimate of drug-likeness (QED) is 0.460. The number of hydrogen-bond acceptors (Lipinski definition) is 3. The molecule has 0 aromatic heterocycles. The lowest BCUT2D eigenvalue weighted by atomic mass is 9.82. The van der Waals surface area contributed by atoms with Crippen molar-refractivity contribution in [3.05, 3.63) is 35.3 Å². The lowest BCUT2D eigenvalue weighted by Gasteiger charge is -2.32. The van der Waals surface area contributed by atoms with Crippen LogP contribution in [0.1, 0.15) is 54.4 Å². The molecule has 1 N–H and O–H groups in total. The minimum atomic E-state index is -0.810. The van der Waals surface area contributed by atoms with Crippen LogP contribution in [0, 0.1) is 12.3 Å². The zero-order chi connectivity index (χ0) is 17.7. The second kappa shape index (κ2) is 8.01. The van der Waals surface area contributed by atoms with E-state index in [2.05, 4.69) is 12.8 Å². The van der Waals surface area contributed by atoms with Gasteiger partial charge in [-0.3, -0.25) is 0 Å². The molecule has 0 aromatic rings. The summed E-state index contributed by atoms with van der Waals surface area (Å²) in [6.07, 6.45) is 11.8. The van der Waals surface area contributed by atoms with Crippen LogP contribution < -0.4 is 0 Å². The van der Waals surface area contributed by atoms with Crippen molar-refractivity contribution in [2.75, 3.05) is 0 Å². The van der Waals surface area contributed by atoms with Gasteiger partial charge in [-0.1, -0.05) is 37.4 Å². The summed E-state index contributed by atoms with van der Waals surface area (Å²) in [6.45, 7) is 12.0. The normalized spacial score (nSPS) is 22.4. The van der Waals surface area contributed by atoms with Crippen LogP contribution in [-0.2, 0) is 9.31 Å². The Bertz CT molecular complexity index is 519. The summed E-state index contributed by atoms with van der Waals surface area (Å²) in [5, 5.41) is 10.6. The summed E-state index contributed by atoms with van der Waals surface area (Å²) in [6, 6.07) is 0. The van der Waals surface area contributed by atoms with Gasteiger partial charge in [0, 0.05) is 5.57 Å². The van der Waals surface area contributed by atoms with E-state index >= 15 is 0 Å². The second-order valence-corrected chi connectivity index (χ2v) is 6.81. The minimum absolute atomic E-state index is 0.397. The van der Waals surface area contributed by atoms with Crippen molar-refractivity contribution in [2.45, 2.75) is 71.7 Å². The Labute approximate surface area is 141 Å². The zero-order valence-corrected chi connectivity index (χ0v) is 15.2. The Morgan fingerprint density at radius 2 is 1.83 bits per heavy atom. The average molecular weight is 316 g/mol. The van der Waals surface area contributed by atoms with Gasteiger partial charge in [0.25, 0.3) is 0 Å². The van der Waals surface area contributed by atoms with Crippen molar-refractivity contribution in [1.29, 1.82) is 0 Å². The highest BCUT2D eigenvalue weighted by Crippen LogP contribution is 2.37. The Hall–Kier alpha value is -1.28. The molecule has 23 heavy (non-hydrogen) atoms. The average Bonchev–Trinajstić information content (AvgIpc) is 2.66. The molecule has 0 radical (unpaired) electrons. The molecular weight excluding hydrogens is 287 g/mol. The van der Waals surface area contributed by atoms with Crippen molar-refractivity contribution in [1.82, 2.24) is 0 Å². The molecule has 1 saturated heterocycles. The maximum atomic E-state index is 10.6. The summed E-state index contributed by atoms with van der Waals surface area (Å²) in [4.78, 5) is 0. The molecule has 4 heteroatoms. The van der Waals surface area contributed by atoms with Gasteiger partial charge in [0.2, 0.25) is 0 Å². The molecule has 0 aromatic carbocycles. The third-order valence-corrected chi connectivity index (χ3v) is 4.44. The standard InChI is InChI=1S/C19H29BO3/c1-8-11-13-15(10-3)17(21)16(12-9-2)14-20-22-18(4,5)19(6,7)23-20/h3,8,11,13-14,17,21H,9,12H2,1-2,4-7H3. The van der Waals surface area contributed by atoms with Gasteiger partial charge in [0.1, 0.15) is 6.10 Å². The minimum Gasteiger partial charge on any atom is -0.400 e. The number of aliphatic hydroxyl groups is 1. The molecule has 126 valence electrons. The SMILES string of the molecule is C#CC(=CC=CC)C(O)C(=CB1OC(C)(C)C(C)(C)O1)CCC. The molecule has 1 fully saturated rings. The van der Waals surface area contributed by atoms with Crippen LogP contribution in [0.5, 0.6) is 0 Å². The monoisotopic (exact) mass is 316 g/mol. The molecular formula is C19H29BO3. The van der Waals surface area contributed by atoms with Gasteiger partial charge >= 0.3 is 7.12 Å². The van der Waals surface area contributed by atoms with Gasteiger partial charge in [0.05, 0.1) is 11.2 Å². The highest BCUT2D eigenvalue weighted by atomic mass is 16.7. The summed E-state index contributed by atoms with van der Waals surface area (Å²) >= 11 is 0. The van der Waals surface area contributed by atoms with Gasteiger partial charge in [-0.05, 0) is 52.7 Å². The predicted octanol–water partition coefficient (Wildman–Crippen LogP) is 3.84. The van der Waals surface area contributed by atoms with E-state index in [4.69, 9.17) is 15.7 Å². The Kier molecular flexibility index (Phi) is 6.89. The zero-order valence-electron chi connectivity index (χ0n) is 15.2. The number of hydrogen-bond donors (Lipinski definition) is 1. The van der Waals surface area contributed by atoms with Gasteiger partial charge < -0.3 is 14.4 Å². The molecule has 1 unspecified atom stereocenters. The fourth-order valence-corrected chi connectivity index (χ4v) is 2.35. The van der Waals surface area contributed by atoms with Crippen LogP contribution in [0.2, 0.25) is 0 Å². The van der Waals surface area contributed by atoms with Crippen LogP contribution in [0.25, 0.3) is 0 Å². The van der Waals surface area contributed by atoms with E-state index in [9.17, 15) is 5.11 Å². The largest absolute Gasteiger partial charge is 0.487 e. The van der Waals surface area contributed by atoms with E-state index in [0.29, 0.717) is 5.57 Å². The maximum absolute atomic E-state index is 10.6. The van der Waals surface area contributed by atoms with Crippen molar-refractivity contribution >= 4 is 7.12 Å². The van der Waals surface area contributed by atoms with E-state index in [1.807, 2.05) is 52.7 Å². The predicted molar refractivity (Wildman–Crippen MR) is 96.8 cm³/mol. The Balaban J connectivity index is 3.05. The van der Waals surface area contributed by atoms with Crippen molar-refractivity contribution in [2.24, 2.45) is 0 Å². The number of terminal acetylenes is 1. The first kappa shape index (κ1) is 19.8. The molecule has 0 spiro atoms. The van der Waals surface area contributed by atoms with Gasteiger partial charge in [0.15, 0.2) is 0 Å². The second-order valence-electron chi connectivity index (χ2n) is 6.81. The lowest BCUT2D eigenvalue weighted by Crippen LogP contribution is -2.41. The molecule has 3 nitrogen and oxygen atoms in total. The van der Waals surface area contributed by atoms with Crippen LogP contribution >= 0.6 is 0 Å². The number of rotatable bonds is 6. The highest BCUT2D eigenvalue weighted by molar-refractivity contribution is 6.51. The molecule has 1 aliphatic rings. The molecule has 0 aliphatic carbocycles. The molecule has 0 saturated carbocycles. The molecule has 1 heterocycles. The van der Waals surface area contributed by atoms with Gasteiger partial charge in [-0.15, -0.1) is 6.42 Å². The third-order valence-electron chi connectivity index (χ3n) is 4.44. The van der Waals surface area contributed by atoms with E-state index in [1.165, 1.54) is 0 Å². The van der Waals surface area contributed by atoms with Crippen LogP contribution in [-0.4, -0.2) is 29.5 Å². The van der Waals surface area contributed by atoms with Gasteiger partial charge in [-0.2, -0.15) is 0 Å². The van der Waals surface area contributed by atoms with Crippen LogP contribution in [0.4, 0.5) is 0 Å². The fraction of sp³-hybridized carbons (Fsp3) is 0.579. The molecule has 0 amide bonds. The van der Waals surface area contributed by atoms with Crippen molar-refractivity contribution in [3.8, 4) is 12.3 Å². The number of allylic oxidation sites excluding steroid dienone is 3. The third kappa shape index (κ3) is 4.85. The summed E-state index contributed by atoms with van der Waals surface area (Å²) in [5.74, 6) is 4.44. The molecule has 1 aliphatic heterocycles. The lowest BCUT2D eigenvalue weighted by molar-refractivity contribution is 0.00578. The van der Waals surface area contributed by atoms with E-state index in [-0.39, 0.29) is 0 Å². The van der Waals surface area contributed by atoms with Crippen molar-refractivity contribution in [3.63, 3.8) is 0 Å². The molecule has 1 rings (SSSR count). The van der Waals surface area contributed by atoms with E-state index in [0.717, 1.165) is 18.4 Å². The van der Waals surface area contributed by atoms with Crippen LogP contribution in [0.15, 0.2) is 35.3 Å². The van der Waals surface area contributed by atoms with E-state index < -0.39 is 24.4 Å².